The Morgan fingerprint density at radius 3 is 2.62 bits per heavy atom. The van der Waals surface area contributed by atoms with Crippen LogP contribution in [0, 0.1) is 5.82 Å². The minimum absolute atomic E-state index is 0.0560. The molecular weight excluding hydrogens is 387 g/mol. The number of carbonyl (C=O) groups excluding carboxylic acids is 2. The molecule has 2 aromatic rings. The highest BCUT2D eigenvalue weighted by Crippen LogP contribution is 2.32. The molecular formula is C23H17FN2O2S. The lowest BCUT2D eigenvalue weighted by Crippen LogP contribution is -2.22. The van der Waals surface area contributed by atoms with E-state index in [1.54, 1.807) is 42.5 Å². The van der Waals surface area contributed by atoms with Crippen LogP contribution in [0.25, 0.3) is 6.08 Å². The lowest BCUT2D eigenvalue weighted by molar-refractivity contribution is -0.113. The topological polar surface area (TPSA) is 58.5 Å². The molecule has 2 amide bonds. The van der Waals surface area contributed by atoms with E-state index in [2.05, 4.69) is 10.3 Å². The fourth-order valence-corrected chi connectivity index (χ4v) is 3.98. The number of hydrogen-bond donors (Lipinski definition) is 1. The summed E-state index contributed by atoms with van der Waals surface area (Å²) < 4.78 is 12.9. The van der Waals surface area contributed by atoms with Gasteiger partial charge in [0.2, 0.25) is 0 Å². The van der Waals surface area contributed by atoms with Crippen LogP contribution in [0.2, 0.25) is 0 Å². The smallest absolute Gasteiger partial charge is 0.283 e. The number of nitrogens with zero attached hydrogens (tertiary/aromatic N) is 1. The van der Waals surface area contributed by atoms with Gasteiger partial charge in [-0.3, -0.25) is 9.59 Å². The highest BCUT2D eigenvalue weighted by Gasteiger charge is 2.25. The first-order valence-corrected chi connectivity index (χ1v) is 9.95. The monoisotopic (exact) mass is 404 g/mol. The molecule has 144 valence electrons. The minimum Gasteiger partial charge on any atom is -0.348 e. The molecule has 0 spiro atoms. The number of nitrogens with one attached hydrogen (secondary N) is 1. The fourth-order valence-electron chi connectivity index (χ4n) is 2.94. The maximum atomic E-state index is 12.9. The van der Waals surface area contributed by atoms with E-state index in [-0.39, 0.29) is 22.9 Å². The molecule has 2 aromatic carbocycles. The number of thioether (sulfide) groups is 1. The molecule has 1 N–H and O–H groups in total. The molecule has 0 saturated heterocycles. The average Bonchev–Trinajstić information content (AvgIpc) is 2.74. The average molecular weight is 404 g/mol. The van der Waals surface area contributed by atoms with Crippen LogP contribution < -0.4 is 5.32 Å². The third kappa shape index (κ3) is 4.60. The molecule has 0 saturated carbocycles. The first-order valence-electron chi connectivity index (χ1n) is 9.07. The van der Waals surface area contributed by atoms with Crippen molar-refractivity contribution in [3.63, 3.8) is 0 Å². The molecule has 1 aliphatic heterocycles. The Bertz CT molecular complexity index is 1070. The Hall–Kier alpha value is -3.25. The van der Waals surface area contributed by atoms with E-state index < -0.39 is 0 Å². The molecule has 0 aromatic heterocycles. The molecule has 1 aliphatic carbocycles. The van der Waals surface area contributed by atoms with Crippen molar-refractivity contribution in [1.82, 2.24) is 5.32 Å². The van der Waals surface area contributed by atoms with E-state index in [0.29, 0.717) is 17.0 Å². The van der Waals surface area contributed by atoms with Crippen LogP contribution in [-0.4, -0.2) is 22.8 Å². The van der Waals surface area contributed by atoms with Crippen molar-refractivity contribution in [2.75, 3.05) is 0 Å². The highest BCUT2D eigenvalue weighted by atomic mass is 32.2. The third-order valence-electron chi connectivity index (χ3n) is 4.49. The van der Waals surface area contributed by atoms with Crippen LogP contribution in [-0.2, 0) is 11.3 Å². The number of carbonyl (C=O) groups is 2. The second kappa shape index (κ2) is 8.41. The summed E-state index contributed by atoms with van der Waals surface area (Å²) in [6, 6.07) is 13.0. The number of allylic oxidation sites excluding steroid dienone is 3. The minimum atomic E-state index is -0.308. The van der Waals surface area contributed by atoms with E-state index in [1.807, 2.05) is 24.3 Å². The third-order valence-corrected chi connectivity index (χ3v) is 5.69. The van der Waals surface area contributed by atoms with Crippen LogP contribution >= 0.6 is 11.8 Å². The van der Waals surface area contributed by atoms with Gasteiger partial charge in [-0.2, -0.15) is 0 Å². The summed E-state index contributed by atoms with van der Waals surface area (Å²) in [6.45, 7) is 0.319. The van der Waals surface area contributed by atoms with Crippen LogP contribution in [0.1, 0.15) is 21.5 Å². The quantitative estimate of drug-likeness (QED) is 0.773. The van der Waals surface area contributed by atoms with Gasteiger partial charge in [-0.05, 0) is 47.5 Å². The van der Waals surface area contributed by atoms with Gasteiger partial charge >= 0.3 is 0 Å². The lowest BCUT2D eigenvalue weighted by Gasteiger charge is -2.20. The molecule has 1 heterocycles. The Kier molecular flexibility index (Phi) is 5.53. The van der Waals surface area contributed by atoms with Crippen molar-refractivity contribution in [3.05, 3.63) is 100 Å². The first-order chi connectivity index (χ1) is 14.1. The summed E-state index contributed by atoms with van der Waals surface area (Å²) in [5.74, 6) is -0.774. The summed E-state index contributed by atoms with van der Waals surface area (Å²) in [5.41, 5.74) is 2.93. The van der Waals surface area contributed by atoms with Gasteiger partial charge in [0.05, 0.1) is 15.9 Å². The van der Waals surface area contributed by atoms with E-state index >= 15 is 0 Å². The maximum absolute atomic E-state index is 12.9. The lowest BCUT2D eigenvalue weighted by atomic mass is 10.1. The standard InChI is InChI=1S/C23H17FN2O2S/c24-18-11-7-16(8-12-18)14-25-22(27)17-9-5-15(6-10-17)13-21-23(28)26-19-3-1-2-4-20(19)29-21/h1-13,20H,14H2,(H,25,27)/b21-13+. The zero-order chi connectivity index (χ0) is 20.2. The zero-order valence-corrected chi connectivity index (χ0v) is 16.2. The molecule has 1 unspecified atom stereocenters. The molecule has 0 fully saturated rings. The van der Waals surface area contributed by atoms with Crippen LogP contribution in [0.3, 0.4) is 0 Å². The van der Waals surface area contributed by atoms with Gasteiger partial charge in [-0.15, -0.1) is 11.8 Å². The number of benzene rings is 2. The van der Waals surface area contributed by atoms with E-state index in [4.69, 9.17) is 0 Å². The maximum Gasteiger partial charge on any atom is 0.283 e. The van der Waals surface area contributed by atoms with E-state index in [1.165, 1.54) is 23.9 Å². The molecule has 29 heavy (non-hydrogen) atoms. The highest BCUT2D eigenvalue weighted by molar-refractivity contribution is 8.05. The molecule has 4 nitrogen and oxygen atoms in total. The molecule has 0 bridgehead atoms. The summed E-state index contributed by atoms with van der Waals surface area (Å²) in [6.07, 6.45) is 9.48. The van der Waals surface area contributed by atoms with Gasteiger partial charge in [-0.1, -0.05) is 42.5 Å². The number of rotatable bonds is 4. The second-order valence-electron chi connectivity index (χ2n) is 6.56. The number of amides is 2. The van der Waals surface area contributed by atoms with Gasteiger partial charge in [-0.25, -0.2) is 9.38 Å². The molecule has 4 rings (SSSR count). The van der Waals surface area contributed by atoms with Crippen LogP contribution in [0.4, 0.5) is 4.39 Å². The number of hydrogen-bond acceptors (Lipinski definition) is 3. The largest absolute Gasteiger partial charge is 0.348 e. The van der Waals surface area contributed by atoms with Gasteiger partial charge in [0.1, 0.15) is 5.82 Å². The van der Waals surface area contributed by atoms with Crippen molar-refractivity contribution >= 4 is 35.4 Å². The molecule has 0 radical (unpaired) electrons. The Morgan fingerprint density at radius 2 is 1.86 bits per heavy atom. The molecule has 2 aliphatic rings. The predicted octanol–water partition coefficient (Wildman–Crippen LogP) is 4.31. The first kappa shape index (κ1) is 19.1. The Labute approximate surface area is 171 Å². The van der Waals surface area contributed by atoms with Crippen molar-refractivity contribution in [2.24, 2.45) is 4.99 Å². The van der Waals surface area contributed by atoms with E-state index in [0.717, 1.165) is 16.8 Å². The molecule has 1 atom stereocenters. The van der Waals surface area contributed by atoms with Crippen molar-refractivity contribution in [1.29, 1.82) is 0 Å². The van der Waals surface area contributed by atoms with Crippen LogP contribution in [0.15, 0.2) is 82.7 Å². The second-order valence-corrected chi connectivity index (χ2v) is 7.75. The van der Waals surface area contributed by atoms with Gasteiger partial charge < -0.3 is 5.32 Å². The van der Waals surface area contributed by atoms with E-state index in [9.17, 15) is 14.0 Å². The van der Waals surface area contributed by atoms with Crippen molar-refractivity contribution in [2.45, 2.75) is 11.8 Å². The van der Waals surface area contributed by atoms with Gasteiger partial charge in [0, 0.05) is 12.1 Å². The van der Waals surface area contributed by atoms with Crippen molar-refractivity contribution in [3.8, 4) is 0 Å². The number of halogens is 1. The Morgan fingerprint density at radius 1 is 1.10 bits per heavy atom. The molecule has 6 heteroatoms. The summed E-state index contributed by atoms with van der Waals surface area (Å²) >= 11 is 1.47. The predicted molar refractivity (Wildman–Crippen MR) is 114 cm³/mol. The summed E-state index contributed by atoms with van der Waals surface area (Å²) in [7, 11) is 0. The summed E-state index contributed by atoms with van der Waals surface area (Å²) in [4.78, 5) is 29.3. The number of fused-ring (bicyclic) bond motifs is 1. The Balaban J connectivity index is 1.41. The summed E-state index contributed by atoms with van der Waals surface area (Å²) in [5, 5.41) is 2.86. The SMILES string of the molecule is O=C1N=C2C=CC=CC2S/C1=C/c1ccc(C(=O)NCc2ccc(F)cc2)cc1. The normalized spacial score (nSPS) is 19.1. The van der Waals surface area contributed by atoms with Gasteiger partial charge in [0.15, 0.2) is 0 Å². The van der Waals surface area contributed by atoms with Crippen molar-refractivity contribution < 1.29 is 14.0 Å². The fraction of sp³-hybridized carbons (Fsp3) is 0.0870. The van der Waals surface area contributed by atoms with Gasteiger partial charge in [0.25, 0.3) is 11.8 Å². The van der Waals surface area contributed by atoms with Crippen LogP contribution in [0.5, 0.6) is 0 Å². The number of aliphatic imine (C=N–C) groups is 1. The zero-order valence-electron chi connectivity index (χ0n) is 15.3.